The van der Waals surface area contributed by atoms with Gasteiger partial charge in [0.05, 0.1) is 4.90 Å². The second-order valence-electron chi connectivity index (χ2n) is 6.94. The summed E-state index contributed by atoms with van der Waals surface area (Å²) in [5.74, 6) is -0.463. The minimum atomic E-state index is -3.53. The Kier molecular flexibility index (Phi) is 5.53. The number of amides is 2. The van der Waals surface area contributed by atoms with Crippen LogP contribution in [0.1, 0.15) is 18.1 Å². The Morgan fingerprint density at radius 2 is 1.64 bits per heavy atom. The first kappa shape index (κ1) is 20.0. The number of carbonyl (C=O) groups excluding carboxylic acids is 2. The Hall–Kier alpha value is -2.71. The molecule has 2 amide bonds. The fraction of sp³-hybridized carbons (Fsp3) is 0.300. The lowest BCUT2D eigenvalue weighted by Gasteiger charge is -2.35. The number of fused-ring (bicyclic) bond motifs is 1. The first-order chi connectivity index (χ1) is 13.2. The molecule has 2 aromatic carbocycles. The van der Waals surface area contributed by atoms with Crippen molar-refractivity contribution in [1.82, 2.24) is 9.21 Å². The molecule has 0 aromatic heterocycles. The predicted octanol–water partition coefficient (Wildman–Crippen LogP) is 1.85. The Balaban J connectivity index is 1.79. The summed E-state index contributed by atoms with van der Waals surface area (Å²) in [6, 6.07) is 13.1. The summed E-state index contributed by atoms with van der Waals surface area (Å²) in [6.45, 7) is 1.85. The van der Waals surface area contributed by atoms with E-state index in [4.69, 9.17) is 0 Å². The zero-order valence-corrected chi connectivity index (χ0v) is 16.9. The topological polar surface area (TPSA) is 86.8 Å². The molecule has 1 atom stereocenters. The predicted molar refractivity (Wildman–Crippen MR) is 106 cm³/mol. The molecule has 1 heterocycles. The fourth-order valence-electron chi connectivity index (χ4n) is 3.23. The van der Waals surface area contributed by atoms with Crippen LogP contribution in [0.5, 0.6) is 0 Å². The van der Waals surface area contributed by atoms with Crippen molar-refractivity contribution in [2.75, 3.05) is 19.4 Å². The molecule has 2 aromatic rings. The molecule has 28 heavy (non-hydrogen) atoms. The lowest BCUT2D eigenvalue weighted by Crippen LogP contribution is -2.49. The van der Waals surface area contributed by atoms with E-state index in [9.17, 15) is 18.0 Å². The molecule has 0 saturated heterocycles. The molecule has 8 heteroatoms. The summed E-state index contributed by atoms with van der Waals surface area (Å²) < 4.78 is 25.4. The van der Waals surface area contributed by atoms with Crippen molar-refractivity contribution >= 4 is 27.5 Å². The van der Waals surface area contributed by atoms with Crippen molar-refractivity contribution in [2.24, 2.45) is 0 Å². The molecule has 148 valence electrons. The van der Waals surface area contributed by atoms with Crippen LogP contribution in [0.25, 0.3) is 0 Å². The van der Waals surface area contributed by atoms with Gasteiger partial charge in [0.25, 0.3) is 0 Å². The lowest BCUT2D eigenvalue weighted by atomic mass is 9.93. The zero-order valence-electron chi connectivity index (χ0n) is 16.0. The lowest BCUT2D eigenvalue weighted by molar-refractivity contribution is -0.138. The van der Waals surface area contributed by atoms with Gasteiger partial charge in [0.1, 0.15) is 6.04 Å². The largest absolute Gasteiger partial charge is 0.326 e. The first-order valence-corrected chi connectivity index (χ1v) is 10.3. The van der Waals surface area contributed by atoms with Crippen LogP contribution in [0.15, 0.2) is 53.4 Å². The van der Waals surface area contributed by atoms with Crippen LogP contribution >= 0.6 is 0 Å². The highest BCUT2D eigenvalue weighted by molar-refractivity contribution is 7.89. The van der Waals surface area contributed by atoms with Gasteiger partial charge in [-0.25, -0.2) is 12.7 Å². The van der Waals surface area contributed by atoms with Crippen LogP contribution < -0.4 is 5.32 Å². The Morgan fingerprint density at radius 1 is 1.04 bits per heavy atom. The monoisotopic (exact) mass is 401 g/mol. The normalized spacial score (nSPS) is 16.6. The van der Waals surface area contributed by atoms with E-state index in [0.717, 1.165) is 15.4 Å². The number of nitrogens with zero attached hydrogens (tertiary/aromatic N) is 2. The van der Waals surface area contributed by atoms with E-state index in [2.05, 4.69) is 5.32 Å². The van der Waals surface area contributed by atoms with E-state index in [1.165, 1.54) is 33.2 Å². The second-order valence-corrected chi connectivity index (χ2v) is 9.09. The molecule has 1 aliphatic heterocycles. The van der Waals surface area contributed by atoms with Crippen LogP contribution in [0.4, 0.5) is 5.69 Å². The van der Waals surface area contributed by atoms with Crippen LogP contribution in [0, 0.1) is 0 Å². The average molecular weight is 401 g/mol. The number of anilines is 1. The number of rotatable bonds is 4. The number of benzene rings is 2. The van der Waals surface area contributed by atoms with E-state index in [1.807, 2.05) is 24.3 Å². The molecule has 0 aliphatic carbocycles. The van der Waals surface area contributed by atoms with E-state index in [0.29, 0.717) is 18.7 Å². The summed E-state index contributed by atoms with van der Waals surface area (Å²) in [4.78, 5) is 26.6. The SMILES string of the molecule is CC(=O)N1Cc2ccccc2CC1C(=O)Nc1ccc(S(=O)(=O)N(C)C)cc1. The molecule has 0 fully saturated rings. The summed E-state index contributed by atoms with van der Waals surface area (Å²) in [7, 11) is -0.607. The van der Waals surface area contributed by atoms with Crippen LogP contribution in [-0.4, -0.2) is 49.6 Å². The summed E-state index contributed by atoms with van der Waals surface area (Å²) >= 11 is 0. The molecule has 0 bridgehead atoms. The molecule has 1 N–H and O–H groups in total. The van der Waals surface area contributed by atoms with Gasteiger partial charge in [-0.15, -0.1) is 0 Å². The third kappa shape index (κ3) is 3.93. The molecule has 0 saturated carbocycles. The minimum Gasteiger partial charge on any atom is -0.326 e. The van der Waals surface area contributed by atoms with Crippen molar-refractivity contribution in [3.8, 4) is 0 Å². The Labute approximate surface area is 165 Å². The maximum Gasteiger partial charge on any atom is 0.247 e. The maximum absolute atomic E-state index is 12.9. The number of nitrogens with one attached hydrogen (secondary N) is 1. The van der Waals surface area contributed by atoms with Crippen molar-refractivity contribution in [2.45, 2.75) is 30.8 Å². The highest BCUT2D eigenvalue weighted by Crippen LogP contribution is 2.25. The van der Waals surface area contributed by atoms with Gasteiger partial charge in [-0.3, -0.25) is 9.59 Å². The standard InChI is InChI=1S/C20H23N3O4S/c1-14(24)23-13-16-7-5-4-6-15(16)12-19(23)20(25)21-17-8-10-18(11-9-17)28(26,27)22(2)3/h4-11,19H,12-13H2,1-3H3,(H,21,25). The van der Waals surface area contributed by atoms with Gasteiger partial charge in [0.15, 0.2) is 0 Å². The zero-order chi connectivity index (χ0) is 20.5. The van der Waals surface area contributed by atoms with E-state index in [1.54, 1.807) is 17.0 Å². The quantitative estimate of drug-likeness (QED) is 0.847. The van der Waals surface area contributed by atoms with Gasteiger partial charge in [0, 0.05) is 39.7 Å². The van der Waals surface area contributed by atoms with E-state index < -0.39 is 16.1 Å². The third-order valence-corrected chi connectivity index (χ3v) is 6.69. The molecule has 3 rings (SSSR count). The smallest absolute Gasteiger partial charge is 0.247 e. The first-order valence-electron chi connectivity index (χ1n) is 8.87. The number of hydrogen-bond acceptors (Lipinski definition) is 4. The van der Waals surface area contributed by atoms with Gasteiger partial charge in [0.2, 0.25) is 21.8 Å². The summed E-state index contributed by atoms with van der Waals surface area (Å²) in [6.07, 6.45) is 0.439. The highest BCUT2D eigenvalue weighted by Gasteiger charge is 2.33. The summed E-state index contributed by atoms with van der Waals surface area (Å²) in [5, 5.41) is 2.79. The van der Waals surface area contributed by atoms with Gasteiger partial charge in [-0.05, 0) is 35.4 Å². The molecular formula is C20H23N3O4S. The van der Waals surface area contributed by atoms with E-state index >= 15 is 0 Å². The van der Waals surface area contributed by atoms with Gasteiger partial charge in [-0.2, -0.15) is 0 Å². The molecule has 1 aliphatic rings. The van der Waals surface area contributed by atoms with Crippen molar-refractivity contribution in [1.29, 1.82) is 0 Å². The van der Waals surface area contributed by atoms with Crippen molar-refractivity contribution in [3.63, 3.8) is 0 Å². The van der Waals surface area contributed by atoms with Crippen molar-refractivity contribution in [3.05, 3.63) is 59.7 Å². The van der Waals surface area contributed by atoms with Crippen LogP contribution in [-0.2, 0) is 32.6 Å². The maximum atomic E-state index is 12.9. The second kappa shape index (κ2) is 7.73. The van der Waals surface area contributed by atoms with Gasteiger partial charge >= 0.3 is 0 Å². The molecule has 0 radical (unpaired) electrons. The Bertz CT molecular complexity index is 1000. The Morgan fingerprint density at radius 3 is 2.21 bits per heavy atom. The van der Waals surface area contributed by atoms with Gasteiger partial charge < -0.3 is 10.2 Å². The van der Waals surface area contributed by atoms with E-state index in [-0.39, 0.29) is 16.7 Å². The molecular weight excluding hydrogens is 378 g/mol. The number of sulfonamides is 1. The van der Waals surface area contributed by atoms with Crippen LogP contribution in [0.2, 0.25) is 0 Å². The average Bonchev–Trinajstić information content (AvgIpc) is 2.67. The highest BCUT2D eigenvalue weighted by atomic mass is 32.2. The summed E-state index contributed by atoms with van der Waals surface area (Å²) in [5.41, 5.74) is 2.57. The van der Waals surface area contributed by atoms with Crippen molar-refractivity contribution < 1.29 is 18.0 Å². The number of carbonyl (C=O) groups is 2. The molecule has 7 nitrogen and oxygen atoms in total. The minimum absolute atomic E-state index is 0.146. The number of hydrogen-bond donors (Lipinski definition) is 1. The fourth-order valence-corrected chi connectivity index (χ4v) is 4.14. The third-order valence-electron chi connectivity index (χ3n) is 4.86. The van der Waals surface area contributed by atoms with Gasteiger partial charge in [-0.1, -0.05) is 24.3 Å². The molecule has 0 spiro atoms. The van der Waals surface area contributed by atoms with Crippen LogP contribution in [0.3, 0.4) is 0 Å². The molecule has 1 unspecified atom stereocenters.